The van der Waals surface area contributed by atoms with Gasteiger partial charge in [0.1, 0.15) is 0 Å². The molecule has 1 saturated heterocycles. The fourth-order valence-electron chi connectivity index (χ4n) is 3.10. The van der Waals surface area contributed by atoms with E-state index in [0.717, 1.165) is 50.1 Å². The molecule has 2 rings (SSSR count). The second-order valence-electron chi connectivity index (χ2n) is 6.05. The van der Waals surface area contributed by atoms with Crippen molar-refractivity contribution in [1.82, 2.24) is 10.3 Å². The first kappa shape index (κ1) is 15.8. The van der Waals surface area contributed by atoms with Crippen LogP contribution in [-0.4, -0.2) is 38.1 Å². The lowest BCUT2D eigenvalue weighted by molar-refractivity contribution is -0.127. The average molecular weight is 290 g/mol. The second kappa shape index (κ2) is 6.89. The molecule has 0 bridgehead atoms. The van der Waals surface area contributed by atoms with Gasteiger partial charge in [-0.05, 0) is 31.9 Å². The van der Waals surface area contributed by atoms with Gasteiger partial charge in [0.2, 0.25) is 5.91 Å². The normalized spacial score (nSPS) is 21.9. The van der Waals surface area contributed by atoms with Gasteiger partial charge < -0.3 is 15.5 Å². The van der Waals surface area contributed by atoms with Crippen molar-refractivity contribution in [3.63, 3.8) is 0 Å². The van der Waals surface area contributed by atoms with Crippen molar-refractivity contribution < 1.29 is 4.79 Å². The van der Waals surface area contributed by atoms with Gasteiger partial charge in [0.05, 0.1) is 23.0 Å². The smallest absolute Gasteiger partial charge is 0.231 e. The average Bonchev–Trinajstić information content (AvgIpc) is 2.49. The minimum Gasteiger partial charge on any atom is -0.376 e. The lowest BCUT2D eigenvalue weighted by Gasteiger charge is -2.36. The first-order valence-corrected chi connectivity index (χ1v) is 7.72. The van der Waals surface area contributed by atoms with Crippen LogP contribution in [0.1, 0.15) is 32.6 Å². The van der Waals surface area contributed by atoms with Crippen LogP contribution in [-0.2, 0) is 4.79 Å². The summed E-state index contributed by atoms with van der Waals surface area (Å²) >= 11 is 0. The van der Waals surface area contributed by atoms with Crippen molar-refractivity contribution >= 4 is 17.3 Å². The molecule has 116 valence electrons. The highest BCUT2D eigenvalue weighted by molar-refractivity contribution is 5.98. The van der Waals surface area contributed by atoms with Crippen LogP contribution < -0.4 is 15.5 Å². The van der Waals surface area contributed by atoms with Crippen molar-refractivity contribution in [2.45, 2.75) is 32.6 Å². The van der Waals surface area contributed by atoms with Gasteiger partial charge in [0.15, 0.2) is 0 Å². The van der Waals surface area contributed by atoms with Crippen LogP contribution in [0.4, 0.5) is 11.4 Å². The van der Waals surface area contributed by atoms with Crippen LogP contribution in [0.3, 0.4) is 0 Å². The molecule has 1 atom stereocenters. The first-order chi connectivity index (χ1) is 10.1. The number of hydrogen-bond acceptors (Lipinski definition) is 4. The van der Waals surface area contributed by atoms with Crippen LogP contribution in [0.5, 0.6) is 0 Å². The van der Waals surface area contributed by atoms with Gasteiger partial charge in [-0.15, -0.1) is 0 Å². The quantitative estimate of drug-likeness (QED) is 0.873. The van der Waals surface area contributed by atoms with E-state index in [1.54, 1.807) is 12.4 Å². The highest BCUT2D eigenvalue weighted by atomic mass is 16.2. The third-order valence-corrected chi connectivity index (χ3v) is 4.21. The lowest BCUT2D eigenvalue weighted by atomic mass is 9.76. The van der Waals surface area contributed by atoms with E-state index in [2.05, 4.69) is 22.5 Å². The Kier molecular flexibility index (Phi) is 5.17. The molecule has 5 heteroatoms. The van der Waals surface area contributed by atoms with E-state index < -0.39 is 0 Å². The number of amides is 1. The van der Waals surface area contributed by atoms with E-state index in [1.807, 2.05) is 25.1 Å². The van der Waals surface area contributed by atoms with Crippen LogP contribution in [0.2, 0.25) is 0 Å². The predicted octanol–water partition coefficient (Wildman–Crippen LogP) is 2.26. The van der Waals surface area contributed by atoms with Gasteiger partial charge in [-0.3, -0.25) is 9.78 Å². The monoisotopic (exact) mass is 290 g/mol. The fraction of sp³-hybridized carbons (Fsp3) is 0.625. The molecule has 0 aromatic carbocycles. The minimum atomic E-state index is -0.285. The van der Waals surface area contributed by atoms with Gasteiger partial charge in [-0.25, -0.2) is 0 Å². The molecule has 1 aliphatic heterocycles. The Morgan fingerprint density at radius 1 is 1.52 bits per heavy atom. The second-order valence-corrected chi connectivity index (χ2v) is 6.05. The Hall–Kier alpha value is -1.62. The molecule has 0 aliphatic carbocycles. The summed E-state index contributed by atoms with van der Waals surface area (Å²) in [6, 6.07) is 1.92. The maximum absolute atomic E-state index is 12.9. The number of piperidine rings is 1. The molecule has 1 fully saturated rings. The van der Waals surface area contributed by atoms with E-state index in [1.165, 1.54) is 0 Å². The maximum atomic E-state index is 12.9. The predicted molar refractivity (Wildman–Crippen MR) is 86.6 cm³/mol. The van der Waals surface area contributed by atoms with Crippen molar-refractivity contribution in [1.29, 1.82) is 0 Å². The molecule has 1 aromatic heterocycles. The van der Waals surface area contributed by atoms with Gasteiger partial charge in [-0.1, -0.05) is 13.3 Å². The van der Waals surface area contributed by atoms with Gasteiger partial charge in [-0.2, -0.15) is 0 Å². The van der Waals surface area contributed by atoms with Gasteiger partial charge >= 0.3 is 0 Å². The molecule has 2 heterocycles. The number of nitrogens with one attached hydrogen (secondary N) is 2. The molecular formula is C16H26N4O. The summed E-state index contributed by atoms with van der Waals surface area (Å²) < 4.78 is 0. The molecule has 2 N–H and O–H groups in total. The maximum Gasteiger partial charge on any atom is 0.231 e. The van der Waals surface area contributed by atoms with Crippen molar-refractivity contribution in [3.8, 4) is 0 Å². The SMILES string of the molecule is CCCC1(C(=O)Nc2cnccc2N(C)C)CCCNC1. The topological polar surface area (TPSA) is 57.3 Å². The lowest BCUT2D eigenvalue weighted by Crippen LogP contribution is -2.48. The number of carbonyl (C=O) groups is 1. The van der Waals surface area contributed by atoms with Crippen LogP contribution >= 0.6 is 0 Å². The van der Waals surface area contributed by atoms with E-state index >= 15 is 0 Å². The number of carbonyl (C=O) groups excluding carboxylic acids is 1. The molecule has 1 aliphatic rings. The molecule has 1 unspecified atom stereocenters. The summed E-state index contributed by atoms with van der Waals surface area (Å²) in [6.07, 6.45) is 7.42. The zero-order valence-electron chi connectivity index (χ0n) is 13.3. The summed E-state index contributed by atoms with van der Waals surface area (Å²) in [5, 5.41) is 6.48. The third kappa shape index (κ3) is 3.53. The summed E-state index contributed by atoms with van der Waals surface area (Å²) in [7, 11) is 3.93. The molecule has 0 radical (unpaired) electrons. The van der Waals surface area contributed by atoms with Gasteiger partial charge in [0.25, 0.3) is 0 Å². The summed E-state index contributed by atoms with van der Waals surface area (Å²) in [6.45, 7) is 3.91. The number of aromatic nitrogens is 1. The van der Waals surface area contributed by atoms with E-state index in [-0.39, 0.29) is 11.3 Å². The Balaban J connectivity index is 2.19. The highest BCUT2D eigenvalue weighted by Crippen LogP contribution is 2.34. The fourth-order valence-corrected chi connectivity index (χ4v) is 3.10. The summed E-state index contributed by atoms with van der Waals surface area (Å²) in [4.78, 5) is 19.0. The third-order valence-electron chi connectivity index (χ3n) is 4.21. The molecule has 0 saturated carbocycles. The molecule has 1 amide bonds. The van der Waals surface area contributed by atoms with Crippen LogP contribution in [0.15, 0.2) is 18.5 Å². The molecule has 5 nitrogen and oxygen atoms in total. The van der Waals surface area contributed by atoms with E-state index in [4.69, 9.17) is 0 Å². The van der Waals surface area contributed by atoms with Crippen molar-refractivity contribution in [3.05, 3.63) is 18.5 Å². The zero-order chi connectivity index (χ0) is 15.3. The van der Waals surface area contributed by atoms with Crippen molar-refractivity contribution in [2.75, 3.05) is 37.4 Å². The van der Waals surface area contributed by atoms with Crippen LogP contribution in [0.25, 0.3) is 0 Å². The number of pyridine rings is 1. The molecule has 0 spiro atoms. The minimum absolute atomic E-state index is 0.118. The molecule has 1 aromatic rings. The van der Waals surface area contributed by atoms with E-state index in [9.17, 15) is 4.79 Å². The highest BCUT2D eigenvalue weighted by Gasteiger charge is 2.38. The zero-order valence-corrected chi connectivity index (χ0v) is 13.3. The standard InChI is InChI=1S/C16H26N4O/c1-4-7-16(8-5-9-18-12-16)15(21)19-13-11-17-10-6-14(13)20(2)3/h6,10-11,18H,4-5,7-9,12H2,1-3H3,(H,19,21). The molecule has 21 heavy (non-hydrogen) atoms. The Labute approximate surface area is 127 Å². The van der Waals surface area contributed by atoms with E-state index in [0.29, 0.717) is 0 Å². The van der Waals surface area contributed by atoms with Crippen LogP contribution in [0, 0.1) is 5.41 Å². The summed E-state index contributed by atoms with van der Waals surface area (Å²) in [5.41, 5.74) is 1.48. The number of hydrogen-bond donors (Lipinski definition) is 2. The number of nitrogens with zero attached hydrogens (tertiary/aromatic N) is 2. The number of anilines is 2. The Morgan fingerprint density at radius 2 is 2.33 bits per heavy atom. The summed E-state index contributed by atoms with van der Waals surface area (Å²) in [5.74, 6) is 0.118. The van der Waals surface area contributed by atoms with Gasteiger partial charge in [0, 0.05) is 26.8 Å². The molecular weight excluding hydrogens is 264 g/mol. The largest absolute Gasteiger partial charge is 0.376 e. The Morgan fingerprint density at radius 3 is 2.95 bits per heavy atom. The Bertz CT molecular complexity index is 475. The number of rotatable bonds is 5. The van der Waals surface area contributed by atoms with Crippen molar-refractivity contribution in [2.24, 2.45) is 5.41 Å². The first-order valence-electron chi connectivity index (χ1n) is 7.72.